The second-order valence-electron chi connectivity index (χ2n) is 4.62. The summed E-state index contributed by atoms with van der Waals surface area (Å²) < 4.78 is 27.7. The van der Waals surface area contributed by atoms with Gasteiger partial charge in [-0.25, -0.2) is 8.78 Å². The van der Waals surface area contributed by atoms with Crippen molar-refractivity contribution in [2.75, 3.05) is 20.1 Å². The van der Waals surface area contributed by atoms with Gasteiger partial charge < -0.3 is 10.2 Å². The summed E-state index contributed by atoms with van der Waals surface area (Å²) in [5, 5.41) is 3.19. The fraction of sp³-hybridized carbons (Fsp3) is 0.462. The molecule has 1 heterocycles. The average Bonchev–Trinajstić information content (AvgIpc) is 2.43. The normalized spacial score (nSPS) is 16.4. The highest BCUT2D eigenvalue weighted by Gasteiger charge is 2.27. The van der Waals surface area contributed by atoms with Crippen molar-refractivity contribution >= 4 is 21.8 Å². The third-order valence-electron chi connectivity index (χ3n) is 3.43. The Hall–Kier alpha value is -1.01. The molecule has 6 heteroatoms. The van der Waals surface area contributed by atoms with Gasteiger partial charge in [-0.2, -0.15) is 0 Å². The van der Waals surface area contributed by atoms with Crippen LogP contribution in [0.1, 0.15) is 23.2 Å². The Labute approximate surface area is 119 Å². The van der Waals surface area contributed by atoms with E-state index in [9.17, 15) is 13.6 Å². The molecule has 0 aliphatic carbocycles. The Kier molecular flexibility index (Phi) is 4.52. The monoisotopic (exact) mass is 332 g/mol. The standard InChI is InChI=1S/C13H15BrF2N2O/c1-18(8-4-6-17-7-5-8)13(19)11-10(15)3-2-9(14)12(11)16/h2-3,8,17H,4-7H2,1H3. The predicted octanol–water partition coefficient (Wildman–Crippen LogP) is 2.55. The first-order valence-electron chi connectivity index (χ1n) is 6.13. The van der Waals surface area contributed by atoms with E-state index in [0.29, 0.717) is 0 Å². The molecule has 2 rings (SSSR count). The summed E-state index contributed by atoms with van der Waals surface area (Å²) >= 11 is 2.97. The number of rotatable bonds is 2. The van der Waals surface area contributed by atoms with Crippen LogP contribution in [0.25, 0.3) is 0 Å². The molecule has 1 saturated heterocycles. The summed E-state index contributed by atoms with van der Waals surface area (Å²) in [4.78, 5) is 13.7. The molecule has 0 bridgehead atoms. The molecular formula is C13H15BrF2N2O. The van der Waals surface area contributed by atoms with Crippen LogP contribution in [0.3, 0.4) is 0 Å². The van der Waals surface area contributed by atoms with Crippen molar-refractivity contribution in [3.63, 3.8) is 0 Å². The zero-order chi connectivity index (χ0) is 14.0. The lowest BCUT2D eigenvalue weighted by Gasteiger charge is -2.31. The Morgan fingerprint density at radius 3 is 2.63 bits per heavy atom. The van der Waals surface area contributed by atoms with E-state index in [-0.39, 0.29) is 10.5 Å². The molecule has 0 unspecified atom stereocenters. The van der Waals surface area contributed by atoms with E-state index in [4.69, 9.17) is 0 Å². The van der Waals surface area contributed by atoms with Crippen molar-refractivity contribution in [1.29, 1.82) is 0 Å². The predicted molar refractivity (Wildman–Crippen MR) is 72.0 cm³/mol. The molecular weight excluding hydrogens is 318 g/mol. The second-order valence-corrected chi connectivity index (χ2v) is 5.47. The average molecular weight is 333 g/mol. The van der Waals surface area contributed by atoms with Gasteiger partial charge in [0.25, 0.3) is 5.91 Å². The van der Waals surface area contributed by atoms with Crippen LogP contribution in [0.4, 0.5) is 8.78 Å². The molecule has 0 atom stereocenters. The first kappa shape index (κ1) is 14.4. The van der Waals surface area contributed by atoms with Crippen LogP contribution in [0.5, 0.6) is 0 Å². The molecule has 3 nitrogen and oxygen atoms in total. The molecule has 1 aromatic rings. The number of nitrogens with one attached hydrogen (secondary N) is 1. The van der Waals surface area contributed by atoms with E-state index in [1.165, 1.54) is 11.0 Å². The van der Waals surface area contributed by atoms with Gasteiger partial charge in [0, 0.05) is 13.1 Å². The smallest absolute Gasteiger partial charge is 0.259 e. The molecule has 1 aromatic carbocycles. The van der Waals surface area contributed by atoms with Crippen molar-refractivity contribution < 1.29 is 13.6 Å². The lowest BCUT2D eigenvalue weighted by atomic mass is 10.0. The van der Waals surface area contributed by atoms with Gasteiger partial charge in [-0.1, -0.05) is 0 Å². The first-order valence-corrected chi connectivity index (χ1v) is 6.93. The molecule has 0 radical (unpaired) electrons. The minimum Gasteiger partial charge on any atom is -0.338 e. The van der Waals surface area contributed by atoms with E-state index in [0.717, 1.165) is 32.0 Å². The maximum atomic E-state index is 13.9. The minimum absolute atomic E-state index is 0.0199. The highest BCUT2D eigenvalue weighted by atomic mass is 79.9. The summed E-state index contributed by atoms with van der Waals surface area (Å²) in [6, 6.07) is 2.37. The third-order valence-corrected chi connectivity index (χ3v) is 4.05. The Morgan fingerprint density at radius 1 is 1.37 bits per heavy atom. The number of halogens is 3. The second kappa shape index (κ2) is 5.96. The lowest BCUT2D eigenvalue weighted by Crippen LogP contribution is -2.44. The number of amides is 1. The van der Waals surface area contributed by atoms with Gasteiger partial charge in [-0.3, -0.25) is 4.79 Å². The minimum atomic E-state index is -0.842. The molecule has 0 spiro atoms. The highest BCUT2D eigenvalue weighted by molar-refractivity contribution is 9.10. The number of hydrogen-bond acceptors (Lipinski definition) is 2. The first-order chi connectivity index (χ1) is 9.02. The number of nitrogens with zero attached hydrogens (tertiary/aromatic N) is 1. The van der Waals surface area contributed by atoms with Gasteiger partial charge in [-0.15, -0.1) is 0 Å². The Balaban J connectivity index is 2.26. The van der Waals surface area contributed by atoms with Gasteiger partial charge in [0.1, 0.15) is 11.4 Å². The quantitative estimate of drug-likeness (QED) is 0.844. The fourth-order valence-corrected chi connectivity index (χ4v) is 2.59. The van der Waals surface area contributed by atoms with Crippen molar-refractivity contribution in [3.8, 4) is 0 Å². The van der Waals surface area contributed by atoms with Crippen molar-refractivity contribution in [3.05, 3.63) is 33.8 Å². The van der Waals surface area contributed by atoms with Crippen LogP contribution < -0.4 is 5.32 Å². The number of carbonyl (C=O) groups is 1. The van der Waals surface area contributed by atoms with Gasteiger partial charge in [-0.05, 0) is 54.0 Å². The van der Waals surface area contributed by atoms with E-state index in [2.05, 4.69) is 21.2 Å². The van der Waals surface area contributed by atoms with Gasteiger partial charge in [0.05, 0.1) is 4.47 Å². The molecule has 19 heavy (non-hydrogen) atoms. The number of hydrogen-bond donors (Lipinski definition) is 1. The van der Waals surface area contributed by atoms with Crippen molar-refractivity contribution in [1.82, 2.24) is 10.2 Å². The summed E-state index contributed by atoms with van der Waals surface area (Å²) in [7, 11) is 1.60. The lowest BCUT2D eigenvalue weighted by molar-refractivity contribution is 0.0693. The molecule has 0 saturated carbocycles. The zero-order valence-electron chi connectivity index (χ0n) is 10.5. The summed E-state index contributed by atoms with van der Waals surface area (Å²) in [5.41, 5.74) is -0.490. The van der Waals surface area contributed by atoms with Crippen LogP contribution >= 0.6 is 15.9 Å². The van der Waals surface area contributed by atoms with Crippen LogP contribution in [-0.2, 0) is 0 Å². The molecule has 1 aliphatic rings. The van der Waals surface area contributed by atoms with E-state index in [1.54, 1.807) is 7.05 Å². The topological polar surface area (TPSA) is 32.3 Å². The fourth-order valence-electron chi connectivity index (χ4n) is 2.26. The largest absolute Gasteiger partial charge is 0.338 e. The van der Waals surface area contributed by atoms with Gasteiger partial charge in [0.2, 0.25) is 0 Å². The van der Waals surface area contributed by atoms with Crippen molar-refractivity contribution in [2.45, 2.75) is 18.9 Å². The summed E-state index contributed by atoms with van der Waals surface area (Å²) in [5.74, 6) is -2.28. The molecule has 1 fully saturated rings. The molecule has 1 aliphatic heterocycles. The molecule has 104 valence electrons. The maximum Gasteiger partial charge on any atom is 0.259 e. The molecule has 1 N–H and O–H groups in total. The van der Waals surface area contributed by atoms with Gasteiger partial charge >= 0.3 is 0 Å². The van der Waals surface area contributed by atoms with Crippen LogP contribution in [0, 0.1) is 11.6 Å². The van der Waals surface area contributed by atoms with E-state index < -0.39 is 23.1 Å². The van der Waals surface area contributed by atoms with E-state index >= 15 is 0 Å². The number of benzene rings is 1. The van der Waals surface area contributed by atoms with E-state index in [1.807, 2.05) is 0 Å². The Bertz CT molecular complexity index is 490. The highest BCUT2D eigenvalue weighted by Crippen LogP contribution is 2.24. The van der Waals surface area contributed by atoms with Crippen LogP contribution in [0.2, 0.25) is 0 Å². The van der Waals surface area contributed by atoms with Crippen LogP contribution in [-0.4, -0.2) is 37.0 Å². The summed E-state index contributed by atoms with van der Waals surface area (Å²) in [6.07, 6.45) is 1.58. The van der Waals surface area contributed by atoms with Crippen LogP contribution in [0.15, 0.2) is 16.6 Å². The van der Waals surface area contributed by atoms with Gasteiger partial charge in [0.15, 0.2) is 5.82 Å². The molecule has 0 aromatic heterocycles. The third kappa shape index (κ3) is 2.95. The zero-order valence-corrected chi connectivity index (χ0v) is 12.1. The maximum absolute atomic E-state index is 13.9. The number of piperidine rings is 1. The van der Waals surface area contributed by atoms with Crippen molar-refractivity contribution in [2.24, 2.45) is 0 Å². The SMILES string of the molecule is CN(C(=O)c1c(F)ccc(Br)c1F)C1CCNCC1. The Morgan fingerprint density at radius 2 is 2.00 bits per heavy atom. The summed E-state index contributed by atoms with van der Waals surface area (Å²) in [6.45, 7) is 1.62. The number of carbonyl (C=O) groups excluding carboxylic acids is 1. The molecule has 1 amide bonds.